The molecule has 2 nitrogen and oxygen atoms in total. The molecule has 110 valence electrons. The van der Waals surface area contributed by atoms with Crippen LogP contribution in [0.5, 0.6) is 0 Å². The van der Waals surface area contributed by atoms with Crippen LogP contribution in [0.3, 0.4) is 0 Å². The summed E-state index contributed by atoms with van der Waals surface area (Å²) in [6.07, 6.45) is 10.6. The van der Waals surface area contributed by atoms with Gasteiger partial charge in [0.05, 0.1) is 0 Å². The third-order valence-corrected chi connectivity index (χ3v) is 3.87. The van der Waals surface area contributed by atoms with E-state index < -0.39 is 0 Å². The molecule has 2 rings (SSSR count). The molecule has 1 aromatic carbocycles. The Morgan fingerprint density at radius 2 is 2.10 bits per heavy atom. The predicted molar refractivity (Wildman–Crippen MR) is 89.2 cm³/mol. The Labute approximate surface area is 127 Å². The van der Waals surface area contributed by atoms with Gasteiger partial charge in [-0.3, -0.25) is 4.79 Å². The Kier molecular flexibility index (Phi) is 5.59. The van der Waals surface area contributed by atoms with E-state index in [-0.39, 0.29) is 5.91 Å². The van der Waals surface area contributed by atoms with Crippen LogP contribution in [-0.2, 0) is 11.2 Å². The molecule has 1 N–H and O–H groups in total. The Balaban J connectivity index is 2.27. The fourth-order valence-electron chi connectivity index (χ4n) is 2.63. The average Bonchev–Trinajstić information content (AvgIpc) is 2.54. The van der Waals surface area contributed by atoms with E-state index in [1.54, 1.807) is 0 Å². The van der Waals surface area contributed by atoms with Crippen molar-refractivity contribution >= 4 is 17.7 Å². The fourth-order valence-corrected chi connectivity index (χ4v) is 2.63. The topological polar surface area (TPSA) is 29.1 Å². The lowest BCUT2D eigenvalue weighted by Gasteiger charge is -2.11. The summed E-state index contributed by atoms with van der Waals surface area (Å²) >= 11 is 0. The normalized spacial score (nSPS) is 14.2. The predicted octanol–water partition coefficient (Wildman–Crippen LogP) is 4.88. The third-order valence-electron chi connectivity index (χ3n) is 3.87. The summed E-state index contributed by atoms with van der Waals surface area (Å²) in [4.78, 5) is 11.4. The van der Waals surface area contributed by atoms with Crippen LogP contribution in [0.1, 0.15) is 50.2 Å². The molecule has 1 aromatic rings. The molecule has 21 heavy (non-hydrogen) atoms. The zero-order valence-corrected chi connectivity index (χ0v) is 12.7. The van der Waals surface area contributed by atoms with Gasteiger partial charge in [0, 0.05) is 5.69 Å². The van der Waals surface area contributed by atoms with Crippen LogP contribution in [-0.4, -0.2) is 5.91 Å². The molecular formula is C19H23NO. The molecule has 0 bridgehead atoms. The lowest BCUT2D eigenvalue weighted by molar-refractivity contribution is -0.111. The number of amides is 1. The van der Waals surface area contributed by atoms with Crippen molar-refractivity contribution < 1.29 is 4.79 Å². The Morgan fingerprint density at radius 3 is 2.76 bits per heavy atom. The second-order valence-electron chi connectivity index (χ2n) is 5.41. The van der Waals surface area contributed by atoms with Crippen LogP contribution in [0.15, 0.2) is 42.2 Å². The van der Waals surface area contributed by atoms with Crippen molar-refractivity contribution in [2.24, 2.45) is 0 Å². The van der Waals surface area contributed by atoms with Crippen molar-refractivity contribution in [2.45, 2.75) is 45.4 Å². The van der Waals surface area contributed by atoms with Crippen molar-refractivity contribution in [3.8, 4) is 0 Å². The van der Waals surface area contributed by atoms with Gasteiger partial charge in [-0.25, -0.2) is 0 Å². The minimum atomic E-state index is -0.181. The van der Waals surface area contributed by atoms with E-state index in [4.69, 9.17) is 0 Å². The molecule has 0 unspecified atom stereocenters. The van der Waals surface area contributed by atoms with Gasteiger partial charge in [-0.05, 0) is 73.1 Å². The van der Waals surface area contributed by atoms with Gasteiger partial charge in [-0.15, -0.1) is 5.73 Å². The van der Waals surface area contributed by atoms with E-state index in [9.17, 15) is 4.79 Å². The zero-order chi connectivity index (χ0) is 15.1. The number of hydrogen-bond donors (Lipinski definition) is 1. The van der Waals surface area contributed by atoms with Crippen LogP contribution in [0.2, 0.25) is 0 Å². The number of carbonyl (C=O) groups excluding carboxylic acids is 1. The van der Waals surface area contributed by atoms with E-state index >= 15 is 0 Å². The molecule has 0 atom stereocenters. The van der Waals surface area contributed by atoms with E-state index in [2.05, 4.69) is 36.7 Å². The fraction of sp³-hybridized carbons (Fsp3) is 0.368. The van der Waals surface area contributed by atoms with Crippen LogP contribution < -0.4 is 5.32 Å². The molecule has 0 aliphatic heterocycles. The first-order valence-electron chi connectivity index (χ1n) is 7.73. The maximum Gasteiger partial charge on any atom is 0.247 e. The molecule has 2 heteroatoms. The smallest absolute Gasteiger partial charge is 0.247 e. The highest BCUT2D eigenvalue weighted by atomic mass is 16.1. The third kappa shape index (κ3) is 4.47. The van der Waals surface area contributed by atoms with Crippen molar-refractivity contribution in [2.75, 3.05) is 5.32 Å². The Morgan fingerprint density at radius 1 is 1.33 bits per heavy atom. The second-order valence-corrected chi connectivity index (χ2v) is 5.41. The molecule has 0 saturated heterocycles. The van der Waals surface area contributed by atoms with Crippen molar-refractivity contribution in [3.63, 3.8) is 0 Å². The summed E-state index contributed by atoms with van der Waals surface area (Å²) in [5.74, 6) is -0.181. The second kappa shape index (κ2) is 7.66. The summed E-state index contributed by atoms with van der Waals surface area (Å²) < 4.78 is 0. The first kappa shape index (κ1) is 15.3. The van der Waals surface area contributed by atoms with E-state index in [0.29, 0.717) is 0 Å². The summed E-state index contributed by atoms with van der Waals surface area (Å²) in [5, 5.41) is 2.81. The maximum absolute atomic E-state index is 11.4. The SMILES string of the molecule is C=CC(=O)Nc1ccc(CC)c(C=C=C2CCCCC2)c1. The van der Waals surface area contributed by atoms with E-state index in [0.717, 1.165) is 17.7 Å². The lowest BCUT2D eigenvalue weighted by Crippen LogP contribution is -2.07. The number of benzene rings is 1. The summed E-state index contributed by atoms with van der Waals surface area (Å²) in [5.41, 5.74) is 8.10. The minimum absolute atomic E-state index is 0.181. The number of hydrogen-bond acceptors (Lipinski definition) is 1. The first-order valence-corrected chi connectivity index (χ1v) is 7.73. The molecule has 0 heterocycles. The van der Waals surface area contributed by atoms with Gasteiger partial charge in [0.2, 0.25) is 5.91 Å². The molecule has 1 fully saturated rings. The average molecular weight is 281 g/mol. The van der Waals surface area contributed by atoms with Crippen molar-refractivity contribution in [3.05, 3.63) is 53.3 Å². The molecule has 1 aliphatic rings. The molecule has 0 spiro atoms. The van der Waals surface area contributed by atoms with Crippen LogP contribution in [0.25, 0.3) is 6.08 Å². The number of nitrogens with one attached hydrogen (secondary N) is 1. The van der Waals surface area contributed by atoms with Crippen LogP contribution >= 0.6 is 0 Å². The lowest BCUT2D eigenvalue weighted by atomic mass is 9.95. The zero-order valence-electron chi connectivity index (χ0n) is 12.7. The number of rotatable bonds is 4. The first-order chi connectivity index (χ1) is 10.2. The molecule has 1 saturated carbocycles. The van der Waals surface area contributed by atoms with E-state index in [1.165, 1.54) is 49.3 Å². The molecule has 1 aliphatic carbocycles. The van der Waals surface area contributed by atoms with E-state index in [1.807, 2.05) is 12.1 Å². The van der Waals surface area contributed by atoms with Crippen molar-refractivity contribution in [1.29, 1.82) is 0 Å². The summed E-state index contributed by atoms with van der Waals surface area (Å²) in [6.45, 7) is 5.62. The largest absolute Gasteiger partial charge is 0.323 e. The molecular weight excluding hydrogens is 258 g/mol. The maximum atomic E-state index is 11.4. The standard InChI is InChI=1S/C19H23NO/c1-3-16-12-13-18(20-19(21)4-2)14-17(16)11-10-15-8-6-5-7-9-15/h4,11-14H,2-3,5-9H2,1H3,(H,20,21). The number of carbonyl (C=O) groups is 1. The monoisotopic (exact) mass is 281 g/mol. The van der Waals surface area contributed by atoms with Gasteiger partial charge in [-0.1, -0.05) is 26.0 Å². The van der Waals surface area contributed by atoms with Crippen LogP contribution in [0.4, 0.5) is 5.69 Å². The number of aryl methyl sites for hydroxylation is 1. The van der Waals surface area contributed by atoms with Gasteiger partial charge in [0.25, 0.3) is 0 Å². The van der Waals surface area contributed by atoms with Gasteiger partial charge >= 0.3 is 0 Å². The molecule has 1 amide bonds. The summed E-state index contributed by atoms with van der Waals surface area (Å²) in [6, 6.07) is 6.01. The van der Waals surface area contributed by atoms with Gasteiger partial charge in [0.1, 0.15) is 0 Å². The highest BCUT2D eigenvalue weighted by molar-refractivity contribution is 5.99. The number of allylic oxidation sites excluding steroid dienone is 1. The highest BCUT2D eigenvalue weighted by Gasteiger charge is 2.05. The molecule has 0 radical (unpaired) electrons. The van der Waals surface area contributed by atoms with Gasteiger partial charge in [0.15, 0.2) is 0 Å². The van der Waals surface area contributed by atoms with Crippen LogP contribution in [0, 0.1) is 0 Å². The summed E-state index contributed by atoms with van der Waals surface area (Å²) in [7, 11) is 0. The van der Waals surface area contributed by atoms with Crippen molar-refractivity contribution in [1.82, 2.24) is 0 Å². The van der Waals surface area contributed by atoms with Gasteiger partial charge < -0.3 is 5.32 Å². The Hall–Kier alpha value is -2.05. The van der Waals surface area contributed by atoms with Gasteiger partial charge in [-0.2, -0.15) is 0 Å². The number of anilines is 1. The minimum Gasteiger partial charge on any atom is -0.323 e. The quantitative estimate of drug-likeness (QED) is 0.618. The Bertz CT molecular complexity index is 584. The highest BCUT2D eigenvalue weighted by Crippen LogP contribution is 2.23. The molecule has 0 aromatic heterocycles.